The second-order valence-corrected chi connectivity index (χ2v) is 8.49. The third-order valence-electron chi connectivity index (χ3n) is 5.46. The molecule has 2 aromatic rings. The van der Waals surface area contributed by atoms with Gasteiger partial charge in [0.15, 0.2) is 0 Å². The molecule has 31 heavy (non-hydrogen) atoms. The van der Waals surface area contributed by atoms with Crippen LogP contribution in [0.1, 0.15) is 66.4 Å². The Morgan fingerprint density at radius 2 is 1.68 bits per heavy atom. The number of nitrogens with one attached hydrogen (secondary N) is 1. The highest BCUT2D eigenvalue weighted by molar-refractivity contribution is 6.32. The van der Waals surface area contributed by atoms with Crippen molar-refractivity contribution in [1.82, 2.24) is 0 Å². The Hall–Kier alpha value is -2.53. The maximum atomic E-state index is 12.3. The summed E-state index contributed by atoms with van der Waals surface area (Å²) in [4.78, 5) is 24.5. The number of carbonyl (C=O) groups excluding carboxylic acids is 2. The van der Waals surface area contributed by atoms with Crippen molar-refractivity contribution >= 4 is 29.2 Å². The van der Waals surface area contributed by atoms with Crippen molar-refractivity contribution in [2.24, 2.45) is 0 Å². The highest BCUT2D eigenvalue weighted by Gasteiger charge is 2.18. The Morgan fingerprint density at radius 3 is 2.32 bits per heavy atom. The van der Waals surface area contributed by atoms with E-state index in [0.717, 1.165) is 47.6 Å². The third-order valence-corrected chi connectivity index (χ3v) is 6.05. The molecule has 1 N–H and O–H groups in total. The molecule has 1 aliphatic carbocycles. The molecule has 0 atom stereocenters. The number of carbonyl (C=O) groups is 2. The van der Waals surface area contributed by atoms with Crippen LogP contribution >= 0.6 is 11.6 Å². The molecule has 0 saturated heterocycles. The molecule has 1 amide bonds. The number of rotatable bonds is 8. The van der Waals surface area contributed by atoms with Crippen LogP contribution in [-0.2, 0) is 9.53 Å². The first-order valence-electron chi connectivity index (χ1n) is 10.9. The van der Waals surface area contributed by atoms with Crippen molar-refractivity contribution in [3.8, 4) is 5.75 Å². The molecule has 0 aliphatic heterocycles. The highest BCUT2D eigenvalue weighted by Crippen LogP contribution is 2.26. The monoisotopic (exact) mass is 443 g/mol. The number of benzene rings is 2. The fourth-order valence-corrected chi connectivity index (χ4v) is 3.84. The summed E-state index contributed by atoms with van der Waals surface area (Å²) in [5.41, 5.74) is 3.11. The summed E-state index contributed by atoms with van der Waals surface area (Å²) in [7, 11) is 0. The van der Waals surface area contributed by atoms with Crippen LogP contribution in [0, 0.1) is 13.8 Å². The number of hydrogen-bond donors (Lipinski definition) is 1. The van der Waals surface area contributed by atoms with Crippen LogP contribution in [0.15, 0.2) is 36.4 Å². The minimum atomic E-state index is -0.297. The first-order chi connectivity index (χ1) is 14.9. The van der Waals surface area contributed by atoms with Gasteiger partial charge in [0.25, 0.3) is 0 Å². The molecule has 1 fully saturated rings. The molecule has 166 valence electrons. The van der Waals surface area contributed by atoms with Crippen molar-refractivity contribution in [1.29, 1.82) is 0 Å². The molecule has 5 nitrogen and oxygen atoms in total. The van der Waals surface area contributed by atoms with Gasteiger partial charge in [0.05, 0.1) is 12.2 Å². The van der Waals surface area contributed by atoms with Crippen LogP contribution in [0.2, 0.25) is 5.02 Å². The zero-order valence-corrected chi connectivity index (χ0v) is 19.0. The topological polar surface area (TPSA) is 64.6 Å². The Labute approximate surface area is 189 Å². The average Bonchev–Trinajstić information content (AvgIpc) is 2.76. The first kappa shape index (κ1) is 23.1. The lowest BCUT2D eigenvalue weighted by Crippen LogP contribution is -2.21. The first-order valence-corrected chi connectivity index (χ1v) is 11.3. The zero-order valence-electron chi connectivity index (χ0n) is 18.2. The summed E-state index contributed by atoms with van der Waals surface area (Å²) >= 11 is 6.17. The van der Waals surface area contributed by atoms with Crippen LogP contribution in [0.4, 0.5) is 5.69 Å². The number of anilines is 1. The summed E-state index contributed by atoms with van der Waals surface area (Å²) in [5.74, 6) is 0.370. The number of amides is 1. The Kier molecular flexibility index (Phi) is 8.35. The summed E-state index contributed by atoms with van der Waals surface area (Å²) in [6, 6.07) is 10.6. The molecule has 0 radical (unpaired) electrons. The molecule has 0 bridgehead atoms. The van der Waals surface area contributed by atoms with Gasteiger partial charge in [0, 0.05) is 17.1 Å². The molecule has 0 heterocycles. The number of ether oxygens (including phenoxy) is 2. The van der Waals surface area contributed by atoms with Crippen molar-refractivity contribution in [3.05, 3.63) is 58.1 Å². The second-order valence-electron chi connectivity index (χ2n) is 8.11. The molecule has 1 saturated carbocycles. The highest BCUT2D eigenvalue weighted by atomic mass is 35.5. The van der Waals surface area contributed by atoms with E-state index in [2.05, 4.69) is 5.32 Å². The van der Waals surface area contributed by atoms with Crippen LogP contribution in [-0.4, -0.2) is 24.6 Å². The van der Waals surface area contributed by atoms with E-state index >= 15 is 0 Å². The van der Waals surface area contributed by atoms with Gasteiger partial charge >= 0.3 is 5.97 Å². The SMILES string of the molecule is Cc1cc(OCCCC(=O)Nc2ccc(C(=O)OC3CCCCC3)cc2)cc(C)c1Cl. The molecular weight excluding hydrogens is 414 g/mol. The summed E-state index contributed by atoms with van der Waals surface area (Å²) in [6.45, 7) is 4.33. The standard InChI is InChI=1S/C25H30ClNO4/c1-17-15-22(16-18(2)24(17)26)30-14-6-9-23(28)27-20-12-10-19(11-13-20)25(29)31-21-7-4-3-5-8-21/h10-13,15-16,21H,3-9,14H2,1-2H3,(H,27,28). The van der Waals surface area contributed by atoms with Crippen LogP contribution in [0.25, 0.3) is 0 Å². The van der Waals surface area contributed by atoms with E-state index < -0.39 is 0 Å². The van der Waals surface area contributed by atoms with E-state index in [0.29, 0.717) is 30.7 Å². The zero-order chi connectivity index (χ0) is 22.2. The van der Waals surface area contributed by atoms with Crippen LogP contribution in [0.5, 0.6) is 5.75 Å². The van der Waals surface area contributed by atoms with Crippen molar-refractivity contribution < 1.29 is 19.1 Å². The molecule has 6 heteroatoms. The smallest absolute Gasteiger partial charge is 0.338 e. The van der Waals surface area contributed by atoms with Crippen molar-refractivity contribution in [2.45, 2.75) is 64.9 Å². The van der Waals surface area contributed by atoms with Gasteiger partial charge in [-0.15, -0.1) is 0 Å². The molecule has 2 aromatic carbocycles. The second kappa shape index (κ2) is 11.2. The number of aryl methyl sites for hydroxylation is 2. The van der Waals surface area contributed by atoms with E-state index in [1.165, 1.54) is 6.42 Å². The normalized spacial score (nSPS) is 14.2. The van der Waals surface area contributed by atoms with Crippen molar-refractivity contribution in [2.75, 3.05) is 11.9 Å². The Morgan fingerprint density at radius 1 is 1.03 bits per heavy atom. The fraction of sp³-hybridized carbons (Fsp3) is 0.440. The minimum Gasteiger partial charge on any atom is -0.494 e. The lowest BCUT2D eigenvalue weighted by Gasteiger charge is -2.21. The minimum absolute atomic E-state index is 0.0311. The van der Waals surface area contributed by atoms with Gasteiger partial charge in [-0.25, -0.2) is 4.79 Å². The van der Waals surface area contributed by atoms with E-state index in [1.54, 1.807) is 24.3 Å². The van der Waals surface area contributed by atoms with E-state index in [4.69, 9.17) is 21.1 Å². The summed E-state index contributed by atoms with van der Waals surface area (Å²) < 4.78 is 11.3. The third kappa shape index (κ3) is 7.00. The van der Waals surface area contributed by atoms with E-state index in [9.17, 15) is 9.59 Å². The maximum absolute atomic E-state index is 12.3. The van der Waals surface area contributed by atoms with Crippen LogP contribution < -0.4 is 10.1 Å². The number of esters is 1. The molecular formula is C25H30ClNO4. The molecule has 3 rings (SSSR count). The quantitative estimate of drug-likeness (QED) is 0.387. The van der Waals surface area contributed by atoms with Gasteiger partial charge in [-0.2, -0.15) is 0 Å². The van der Waals surface area contributed by atoms with Gasteiger partial charge in [0.2, 0.25) is 5.91 Å². The average molecular weight is 444 g/mol. The molecule has 0 unspecified atom stereocenters. The van der Waals surface area contributed by atoms with Gasteiger partial charge in [-0.05, 0) is 93.5 Å². The maximum Gasteiger partial charge on any atom is 0.338 e. The van der Waals surface area contributed by atoms with Gasteiger partial charge in [0.1, 0.15) is 11.9 Å². The summed E-state index contributed by atoms with van der Waals surface area (Å²) in [5, 5.41) is 3.60. The molecule has 1 aliphatic rings. The van der Waals surface area contributed by atoms with Gasteiger partial charge in [-0.3, -0.25) is 4.79 Å². The lowest BCUT2D eigenvalue weighted by atomic mass is 9.98. The lowest BCUT2D eigenvalue weighted by molar-refractivity contribution is -0.116. The molecule has 0 aromatic heterocycles. The van der Waals surface area contributed by atoms with Crippen LogP contribution in [0.3, 0.4) is 0 Å². The predicted molar refractivity (Wildman–Crippen MR) is 123 cm³/mol. The Bertz CT molecular complexity index is 881. The van der Waals surface area contributed by atoms with E-state index in [1.807, 2.05) is 26.0 Å². The van der Waals surface area contributed by atoms with Crippen molar-refractivity contribution in [3.63, 3.8) is 0 Å². The fourth-order valence-electron chi connectivity index (χ4n) is 3.73. The Balaban J connectivity index is 1.39. The predicted octanol–water partition coefficient (Wildman–Crippen LogP) is 6.24. The van der Waals surface area contributed by atoms with Gasteiger partial charge in [-0.1, -0.05) is 18.0 Å². The summed E-state index contributed by atoms with van der Waals surface area (Å²) in [6.07, 6.45) is 6.31. The number of hydrogen-bond acceptors (Lipinski definition) is 4. The largest absolute Gasteiger partial charge is 0.494 e. The molecule has 0 spiro atoms. The van der Waals surface area contributed by atoms with Gasteiger partial charge < -0.3 is 14.8 Å². The number of halogens is 1. The van der Waals surface area contributed by atoms with E-state index in [-0.39, 0.29) is 18.0 Å².